The summed E-state index contributed by atoms with van der Waals surface area (Å²) in [5.74, 6) is 0.191. The van der Waals surface area contributed by atoms with Crippen LogP contribution in [0.3, 0.4) is 0 Å². The van der Waals surface area contributed by atoms with Gasteiger partial charge in [-0.2, -0.15) is 5.26 Å². The second-order valence-electron chi connectivity index (χ2n) is 6.33. The van der Waals surface area contributed by atoms with Gasteiger partial charge in [0.05, 0.1) is 5.52 Å². The summed E-state index contributed by atoms with van der Waals surface area (Å²) >= 11 is 0. The van der Waals surface area contributed by atoms with E-state index in [2.05, 4.69) is 25.3 Å². The van der Waals surface area contributed by atoms with E-state index < -0.39 is 0 Å². The average Bonchev–Trinajstić information content (AvgIpc) is 2.74. The standard InChI is InChI=1S/C21H16FN7/c22-15-3-4-16-18(8-15)27-11-14(19(16)13-2-1-6-25-10-13)5-7-26-21-17(9-23)20(24)28-12-29-21/h1-4,6,8,10-12H,5,7H2,(H3,24,26,28,29). The topological polar surface area (TPSA) is 113 Å². The Balaban J connectivity index is 1.68. The summed E-state index contributed by atoms with van der Waals surface area (Å²) in [6, 6.07) is 10.4. The maximum atomic E-state index is 13.7. The van der Waals surface area contributed by atoms with Crippen LogP contribution in [0.25, 0.3) is 22.0 Å². The maximum Gasteiger partial charge on any atom is 0.149 e. The van der Waals surface area contributed by atoms with E-state index in [-0.39, 0.29) is 17.2 Å². The smallest absolute Gasteiger partial charge is 0.149 e. The van der Waals surface area contributed by atoms with Gasteiger partial charge in [-0.05, 0) is 35.7 Å². The minimum Gasteiger partial charge on any atom is -0.382 e. The number of nitrogens with one attached hydrogen (secondary N) is 1. The van der Waals surface area contributed by atoms with Gasteiger partial charge in [0.2, 0.25) is 0 Å². The molecule has 0 amide bonds. The number of pyridine rings is 2. The average molecular weight is 385 g/mol. The van der Waals surface area contributed by atoms with Gasteiger partial charge in [0, 0.05) is 42.2 Å². The van der Waals surface area contributed by atoms with Gasteiger partial charge in [-0.1, -0.05) is 6.07 Å². The zero-order valence-corrected chi connectivity index (χ0v) is 15.3. The Morgan fingerprint density at radius 3 is 2.83 bits per heavy atom. The van der Waals surface area contributed by atoms with E-state index >= 15 is 0 Å². The number of fused-ring (bicyclic) bond motifs is 1. The fourth-order valence-corrected chi connectivity index (χ4v) is 3.21. The molecule has 0 aliphatic carbocycles. The molecule has 0 radical (unpaired) electrons. The molecule has 8 heteroatoms. The highest BCUT2D eigenvalue weighted by molar-refractivity contribution is 5.95. The summed E-state index contributed by atoms with van der Waals surface area (Å²) < 4.78 is 13.7. The molecule has 0 aliphatic rings. The summed E-state index contributed by atoms with van der Waals surface area (Å²) in [7, 11) is 0. The molecule has 0 unspecified atom stereocenters. The number of halogens is 1. The molecule has 0 saturated heterocycles. The van der Waals surface area contributed by atoms with Crippen molar-refractivity contribution < 1.29 is 4.39 Å². The highest BCUT2D eigenvalue weighted by Gasteiger charge is 2.13. The number of rotatable bonds is 5. The zero-order valence-electron chi connectivity index (χ0n) is 15.3. The van der Waals surface area contributed by atoms with Crippen LogP contribution in [0.5, 0.6) is 0 Å². The predicted molar refractivity (Wildman–Crippen MR) is 108 cm³/mol. The van der Waals surface area contributed by atoms with E-state index in [1.54, 1.807) is 24.7 Å². The van der Waals surface area contributed by atoms with E-state index in [0.717, 1.165) is 22.1 Å². The molecule has 3 N–H and O–H groups in total. The van der Waals surface area contributed by atoms with Crippen LogP contribution in [0.15, 0.2) is 55.2 Å². The highest BCUT2D eigenvalue weighted by Crippen LogP contribution is 2.31. The highest BCUT2D eigenvalue weighted by atomic mass is 19.1. The number of nitrogen functional groups attached to an aromatic ring is 1. The summed E-state index contributed by atoms with van der Waals surface area (Å²) in [5, 5.41) is 13.2. The first kappa shape index (κ1) is 18.3. The van der Waals surface area contributed by atoms with Crippen molar-refractivity contribution in [3.05, 3.63) is 72.2 Å². The number of hydrogen-bond acceptors (Lipinski definition) is 7. The fraction of sp³-hybridized carbons (Fsp3) is 0.0952. The van der Waals surface area contributed by atoms with Crippen LogP contribution in [0.1, 0.15) is 11.1 Å². The fourth-order valence-electron chi connectivity index (χ4n) is 3.21. The predicted octanol–water partition coefficient (Wildman–Crippen LogP) is 3.33. The molecule has 0 saturated carbocycles. The minimum atomic E-state index is -0.332. The van der Waals surface area contributed by atoms with Crippen molar-refractivity contribution in [1.82, 2.24) is 19.9 Å². The molecule has 1 aromatic carbocycles. The summed E-state index contributed by atoms with van der Waals surface area (Å²) in [4.78, 5) is 16.5. The summed E-state index contributed by atoms with van der Waals surface area (Å²) in [6.07, 6.45) is 7.13. The molecule has 0 atom stereocenters. The molecule has 4 rings (SSSR count). The Morgan fingerprint density at radius 1 is 1.14 bits per heavy atom. The first-order valence-corrected chi connectivity index (χ1v) is 8.89. The van der Waals surface area contributed by atoms with Gasteiger partial charge in [0.15, 0.2) is 0 Å². The van der Waals surface area contributed by atoms with Crippen molar-refractivity contribution in [3.8, 4) is 17.2 Å². The Kier molecular flexibility index (Phi) is 4.95. The number of nitrogens with two attached hydrogens (primary N) is 1. The van der Waals surface area contributed by atoms with Crippen molar-refractivity contribution in [2.24, 2.45) is 0 Å². The normalized spacial score (nSPS) is 10.6. The lowest BCUT2D eigenvalue weighted by atomic mass is 9.96. The van der Waals surface area contributed by atoms with Crippen LogP contribution in [-0.4, -0.2) is 26.5 Å². The number of anilines is 2. The largest absolute Gasteiger partial charge is 0.382 e. The molecule has 3 aromatic heterocycles. The number of benzene rings is 1. The molecule has 0 bridgehead atoms. The molecule has 142 valence electrons. The van der Waals surface area contributed by atoms with Crippen molar-refractivity contribution in [2.75, 3.05) is 17.6 Å². The van der Waals surface area contributed by atoms with Gasteiger partial charge in [-0.15, -0.1) is 0 Å². The van der Waals surface area contributed by atoms with E-state index in [1.165, 1.54) is 18.5 Å². The third-order valence-electron chi connectivity index (χ3n) is 4.54. The summed E-state index contributed by atoms with van der Waals surface area (Å²) in [6.45, 7) is 0.493. The Labute approximate surface area is 166 Å². The van der Waals surface area contributed by atoms with E-state index in [1.807, 2.05) is 18.2 Å². The minimum absolute atomic E-state index is 0.135. The second-order valence-corrected chi connectivity index (χ2v) is 6.33. The molecular weight excluding hydrogens is 369 g/mol. The molecule has 0 aliphatic heterocycles. The van der Waals surface area contributed by atoms with E-state index in [9.17, 15) is 9.65 Å². The molecular formula is C21H16FN7. The van der Waals surface area contributed by atoms with Gasteiger partial charge in [0.25, 0.3) is 0 Å². The van der Waals surface area contributed by atoms with Crippen LogP contribution < -0.4 is 11.1 Å². The Morgan fingerprint density at radius 2 is 2.03 bits per heavy atom. The first-order chi connectivity index (χ1) is 14.2. The lowest BCUT2D eigenvalue weighted by Crippen LogP contribution is -2.10. The van der Waals surface area contributed by atoms with Crippen molar-refractivity contribution in [2.45, 2.75) is 6.42 Å². The number of hydrogen-bond donors (Lipinski definition) is 2. The lowest BCUT2D eigenvalue weighted by molar-refractivity contribution is 0.629. The van der Waals surface area contributed by atoms with Gasteiger partial charge in [-0.3, -0.25) is 9.97 Å². The Hall–Kier alpha value is -4.12. The number of nitriles is 1. The van der Waals surface area contributed by atoms with Crippen LogP contribution in [0.4, 0.5) is 16.0 Å². The first-order valence-electron chi connectivity index (χ1n) is 8.89. The van der Waals surface area contributed by atoms with Crippen LogP contribution >= 0.6 is 0 Å². The Bertz CT molecular complexity index is 1220. The van der Waals surface area contributed by atoms with Gasteiger partial charge < -0.3 is 11.1 Å². The van der Waals surface area contributed by atoms with E-state index in [4.69, 9.17) is 5.73 Å². The van der Waals surface area contributed by atoms with Crippen molar-refractivity contribution >= 4 is 22.5 Å². The molecule has 7 nitrogen and oxygen atoms in total. The van der Waals surface area contributed by atoms with Gasteiger partial charge >= 0.3 is 0 Å². The monoisotopic (exact) mass is 385 g/mol. The van der Waals surface area contributed by atoms with Crippen LogP contribution in [-0.2, 0) is 6.42 Å². The van der Waals surface area contributed by atoms with Gasteiger partial charge in [0.1, 0.15) is 35.4 Å². The van der Waals surface area contributed by atoms with Crippen molar-refractivity contribution in [1.29, 1.82) is 5.26 Å². The van der Waals surface area contributed by atoms with E-state index in [0.29, 0.717) is 24.3 Å². The second kappa shape index (κ2) is 7.86. The number of aromatic nitrogens is 4. The van der Waals surface area contributed by atoms with Crippen molar-refractivity contribution in [3.63, 3.8) is 0 Å². The SMILES string of the molecule is N#Cc1c(N)ncnc1NCCc1cnc2cc(F)ccc2c1-c1cccnc1. The molecule has 0 spiro atoms. The third kappa shape index (κ3) is 3.66. The molecule has 29 heavy (non-hydrogen) atoms. The van der Waals surface area contributed by atoms with Gasteiger partial charge in [-0.25, -0.2) is 14.4 Å². The summed E-state index contributed by atoms with van der Waals surface area (Å²) in [5.41, 5.74) is 9.36. The number of nitrogens with zero attached hydrogens (tertiary/aromatic N) is 5. The molecule has 0 fully saturated rings. The lowest BCUT2D eigenvalue weighted by Gasteiger charge is -2.14. The third-order valence-corrected chi connectivity index (χ3v) is 4.54. The maximum absolute atomic E-state index is 13.7. The van der Waals surface area contributed by atoms with Crippen LogP contribution in [0.2, 0.25) is 0 Å². The molecule has 4 aromatic rings. The zero-order chi connectivity index (χ0) is 20.2. The molecule has 3 heterocycles. The van der Waals surface area contributed by atoms with Crippen LogP contribution in [0, 0.1) is 17.1 Å². The quantitative estimate of drug-likeness (QED) is 0.542.